The minimum Gasteiger partial charge on any atom is -0.387 e. The van der Waals surface area contributed by atoms with Crippen molar-refractivity contribution in [2.75, 3.05) is 6.61 Å². The largest absolute Gasteiger partial charge is 0.387 e. The van der Waals surface area contributed by atoms with Crippen molar-refractivity contribution in [1.82, 2.24) is 0 Å². The van der Waals surface area contributed by atoms with E-state index in [4.69, 9.17) is 14.6 Å². The summed E-state index contributed by atoms with van der Waals surface area (Å²) in [6.45, 7) is 0.532. The first kappa shape index (κ1) is 12.5. The van der Waals surface area contributed by atoms with Gasteiger partial charge in [0.25, 0.3) is 0 Å². The van der Waals surface area contributed by atoms with Crippen LogP contribution in [0.15, 0.2) is 30.3 Å². The van der Waals surface area contributed by atoms with Crippen LogP contribution in [-0.2, 0) is 16.1 Å². The van der Waals surface area contributed by atoms with Gasteiger partial charge in [0.15, 0.2) is 6.29 Å². The van der Waals surface area contributed by atoms with E-state index in [2.05, 4.69) is 0 Å². The molecule has 1 aromatic rings. The standard InChI is InChI=1S/C12H16O5/c13-10-9(17-12(15)11(10)14)7-16-6-8-4-2-1-3-5-8/h1-5,9-15H,6-7H2/t9-,10-,11+,12-/m1/s1. The molecule has 2 rings (SSSR count). The zero-order valence-electron chi connectivity index (χ0n) is 9.27. The molecule has 0 aliphatic carbocycles. The highest BCUT2D eigenvalue weighted by atomic mass is 16.7. The fourth-order valence-electron chi connectivity index (χ4n) is 1.73. The average Bonchev–Trinajstić information content (AvgIpc) is 2.59. The van der Waals surface area contributed by atoms with Crippen molar-refractivity contribution < 1.29 is 24.8 Å². The Hall–Kier alpha value is -0.980. The number of rotatable bonds is 4. The Bertz CT molecular complexity index is 342. The van der Waals surface area contributed by atoms with Crippen LogP contribution < -0.4 is 0 Å². The summed E-state index contributed by atoms with van der Waals surface area (Å²) < 4.78 is 10.3. The summed E-state index contributed by atoms with van der Waals surface area (Å²) in [7, 11) is 0. The van der Waals surface area contributed by atoms with Gasteiger partial charge in [-0.15, -0.1) is 0 Å². The van der Waals surface area contributed by atoms with Gasteiger partial charge in [0, 0.05) is 0 Å². The van der Waals surface area contributed by atoms with Crippen LogP contribution in [0.1, 0.15) is 5.56 Å². The van der Waals surface area contributed by atoms with Crippen LogP contribution in [-0.4, -0.2) is 46.5 Å². The highest BCUT2D eigenvalue weighted by molar-refractivity contribution is 5.13. The summed E-state index contributed by atoms with van der Waals surface area (Å²) in [5.41, 5.74) is 1.01. The lowest BCUT2D eigenvalue weighted by Gasteiger charge is -2.14. The summed E-state index contributed by atoms with van der Waals surface area (Å²) >= 11 is 0. The molecule has 0 amide bonds. The van der Waals surface area contributed by atoms with Gasteiger partial charge in [-0.1, -0.05) is 30.3 Å². The van der Waals surface area contributed by atoms with E-state index < -0.39 is 24.6 Å². The Balaban J connectivity index is 1.76. The predicted octanol–water partition coefficient (Wildman–Crippen LogP) is -0.358. The van der Waals surface area contributed by atoms with E-state index in [1.807, 2.05) is 30.3 Å². The van der Waals surface area contributed by atoms with Gasteiger partial charge < -0.3 is 24.8 Å². The number of hydrogen-bond donors (Lipinski definition) is 3. The molecule has 0 saturated carbocycles. The van der Waals surface area contributed by atoms with Gasteiger partial charge in [0.2, 0.25) is 0 Å². The van der Waals surface area contributed by atoms with Crippen molar-refractivity contribution >= 4 is 0 Å². The van der Waals surface area contributed by atoms with Crippen molar-refractivity contribution in [2.24, 2.45) is 0 Å². The maximum absolute atomic E-state index is 9.51. The molecule has 1 aliphatic rings. The van der Waals surface area contributed by atoms with E-state index in [-0.39, 0.29) is 6.61 Å². The molecule has 0 unspecified atom stereocenters. The van der Waals surface area contributed by atoms with Gasteiger partial charge in [-0.25, -0.2) is 0 Å². The van der Waals surface area contributed by atoms with Crippen molar-refractivity contribution in [3.63, 3.8) is 0 Å². The molecule has 5 nitrogen and oxygen atoms in total. The first-order chi connectivity index (χ1) is 8.18. The van der Waals surface area contributed by atoms with E-state index in [0.29, 0.717) is 6.61 Å². The number of ether oxygens (including phenoxy) is 2. The summed E-state index contributed by atoms with van der Waals surface area (Å²) in [6.07, 6.45) is -4.40. The minimum atomic E-state index is -1.34. The third-order valence-corrected chi connectivity index (χ3v) is 2.73. The highest BCUT2D eigenvalue weighted by Crippen LogP contribution is 2.19. The Kier molecular flexibility index (Phi) is 4.09. The monoisotopic (exact) mass is 240 g/mol. The minimum absolute atomic E-state index is 0.129. The smallest absolute Gasteiger partial charge is 0.184 e. The molecule has 17 heavy (non-hydrogen) atoms. The SMILES string of the molecule is O[C@H]1[C@H](O)[C@@H](COCc2ccccc2)O[C@H]1O. The number of benzene rings is 1. The second kappa shape index (κ2) is 5.57. The molecular formula is C12H16O5. The van der Waals surface area contributed by atoms with E-state index in [1.165, 1.54) is 0 Å². The van der Waals surface area contributed by atoms with Crippen LogP contribution in [0, 0.1) is 0 Å². The molecule has 3 N–H and O–H groups in total. The lowest BCUT2D eigenvalue weighted by molar-refractivity contribution is -0.137. The van der Waals surface area contributed by atoms with Crippen molar-refractivity contribution in [2.45, 2.75) is 31.2 Å². The molecule has 4 atom stereocenters. The normalized spacial score (nSPS) is 32.9. The first-order valence-electron chi connectivity index (χ1n) is 5.50. The number of aliphatic hydroxyl groups is 3. The predicted molar refractivity (Wildman–Crippen MR) is 59.0 cm³/mol. The van der Waals surface area contributed by atoms with Crippen LogP contribution in [0.2, 0.25) is 0 Å². The van der Waals surface area contributed by atoms with E-state index in [0.717, 1.165) is 5.56 Å². The molecule has 1 aromatic carbocycles. The maximum atomic E-state index is 9.51. The first-order valence-corrected chi connectivity index (χ1v) is 5.50. The molecular weight excluding hydrogens is 224 g/mol. The molecule has 1 aliphatic heterocycles. The molecule has 94 valence electrons. The van der Waals surface area contributed by atoms with E-state index in [1.54, 1.807) is 0 Å². The Labute approximate surface area is 99.2 Å². The lowest BCUT2D eigenvalue weighted by Crippen LogP contribution is -2.34. The van der Waals surface area contributed by atoms with Gasteiger partial charge in [-0.05, 0) is 5.56 Å². The summed E-state index contributed by atoms with van der Waals surface area (Å²) in [4.78, 5) is 0. The summed E-state index contributed by atoms with van der Waals surface area (Å²) in [6, 6.07) is 9.59. The van der Waals surface area contributed by atoms with Gasteiger partial charge in [-0.2, -0.15) is 0 Å². The van der Waals surface area contributed by atoms with Crippen LogP contribution in [0.3, 0.4) is 0 Å². The highest BCUT2D eigenvalue weighted by Gasteiger charge is 2.41. The van der Waals surface area contributed by atoms with Crippen LogP contribution >= 0.6 is 0 Å². The molecule has 0 aromatic heterocycles. The van der Waals surface area contributed by atoms with Gasteiger partial charge >= 0.3 is 0 Å². The maximum Gasteiger partial charge on any atom is 0.184 e. The summed E-state index contributed by atoms with van der Waals surface area (Å²) in [5.74, 6) is 0. The van der Waals surface area contributed by atoms with Gasteiger partial charge in [0.1, 0.15) is 18.3 Å². The molecule has 5 heteroatoms. The quantitative estimate of drug-likeness (QED) is 0.670. The average molecular weight is 240 g/mol. The van der Waals surface area contributed by atoms with Gasteiger partial charge in [0.05, 0.1) is 13.2 Å². The third kappa shape index (κ3) is 3.02. The fourth-order valence-corrected chi connectivity index (χ4v) is 1.73. The second-order valence-corrected chi connectivity index (χ2v) is 4.05. The van der Waals surface area contributed by atoms with E-state index in [9.17, 15) is 10.2 Å². The molecule has 0 spiro atoms. The summed E-state index contributed by atoms with van der Waals surface area (Å²) in [5, 5.41) is 27.9. The number of aliphatic hydroxyl groups excluding tert-OH is 3. The fraction of sp³-hybridized carbons (Fsp3) is 0.500. The molecule has 0 bridgehead atoms. The zero-order chi connectivity index (χ0) is 12.3. The zero-order valence-corrected chi connectivity index (χ0v) is 9.27. The van der Waals surface area contributed by atoms with Crippen molar-refractivity contribution in [3.8, 4) is 0 Å². The molecule has 1 heterocycles. The molecule has 0 radical (unpaired) electrons. The number of hydrogen-bond acceptors (Lipinski definition) is 5. The van der Waals surface area contributed by atoms with Crippen LogP contribution in [0.4, 0.5) is 0 Å². The topological polar surface area (TPSA) is 79.2 Å². The second-order valence-electron chi connectivity index (χ2n) is 4.05. The molecule has 1 saturated heterocycles. The molecule has 1 fully saturated rings. The van der Waals surface area contributed by atoms with E-state index >= 15 is 0 Å². The van der Waals surface area contributed by atoms with Crippen LogP contribution in [0.25, 0.3) is 0 Å². The third-order valence-electron chi connectivity index (χ3n) is 2.73. The Morgan fingerprint density at radius 1 is 1.06 bits per heavy atom. The van der Waals surface area contributed by atoms with Gasteiger partial charge in [-0.3, -0.25) is 0 Å². The van der Waals surface area contributed by atoms with Crippen molar-refractivity contribution in [3.05, 3.63) is 35.9 Å². The Morgan fingerprint density at radius 2 is 1.76 bits per heavy atom. The van der Waals surface area contributed by atoms with Crippen molar-refractivity contribution in [1.29, 1.82) is 0 Å². The Morgan fingerprint density at radius 3 is 2.35 bits per heavy atom. The lowest BCUT2D eigenvalue weighted by atomic mass is 10.1. The van der Waals surface area contributed by atoms with Crippen LogP contribution in [0.5, 0.6) is 0 Å².